The molecule has 3 rings (SSSR count). The Morgan fingerprint density at radius 3 is 3.16 bits per heavy atom. The normalized spacial score (nSPS) is 17.8. The van der Waals surface area contributed by atoms with Crippen molar-refractivity contribution in [2.24, 2.45) is 0 Å². The van der Waals surface area contributed by atoms with Gasteiger partial charge in [-0.25, -0.2) is 0 Å². The van der Waals surface area contributed by atoms with Crippen LogP contribution < -0.4 is 0 Å². The zero-order chi connectivity index (χ0) is 13.1. The summed E-state index contributed by atoms with van der Waals surface area (Å²) in [6, 6.07) is 5.80. The van der Waals surface area contributed by atoms with Gasteiger partial charge < -0.3 is 4.52 Å². The lowest BCUT2D eigenvalue weighted by Crippen LogP contribution is -2.00. The summed E-state index contributed by atoms with van der Waals surface area (Å²) < 4.78 is 5.24. The van der Waals surface area contributed by atoms with Gasteiger partial charge in [-0.2, -0.15) is 10.2 Å². The van der Waals surface area contributed by atoms with Gasteiger partial charge in [0.15, 0.2) is 5.82 Å². The fraction of sp³-hybridized carbons (Fsp3) is 0.143. The Kier molecular flexibility index (Phi) is 2.91. The van der Waals surface area contributed by atoms with E-state index in [0.717, 1.165) is 12.0 Å². The van der Waals surface area contributed by atoms with Crippen LogP contribution in [0.15, 0.2) is 52.9 Å². The zero-order valence-corrected chi connectivity index (χ0v) is 10.0. The summed E-state index contributed by atoms with van der Waals surface area (Å²) in [5.74, 6) is 1.04. The van der Waals surface area contributed by atoms with Crippen LogP contribution >= 0.6 is 0 Å². The van der Waals surface area contributed by atoms with E-state index >= 15 is 0 Å². The van der Waals surface area contributed by atoms with Crippen LogP contribution in [-0.4, -0.2) is 15.1 Å². The van der Waals surface area contributed by atoms with Crippen LogP contribution in [0.1, 0.15) is 18.2 Å². The number of hydrogen-bond acceptors (Lipinski definition) is 5. The minimum absolute atomic E-state index is 0.00572. The molecule has 2 heterocycles. The fourth-order valence-corrected chi connectivity index (χ4v) is 1.93. The molecule has 0 radical (unpaired) electrons. The molecule has 1 atom stereocenters. The van der Waals surface area contributed by atoms with Gasteiger partial charge in [-0.1, -0.05) is 17.3 Å². The van der Waals surface area contributed by atoms with Crippen molar-refractivity contribution in [3.8, 4) is 17.5 Å². The Balaban J connectivity index is 1.89. The molecule has 19 heavy (non-hydrogen) atoms. The Labute approximate surface area is 109 Å². The molecule has 1 unspecified atom stereocenters. The summed E-state index contributed by atoms with van der Waals surface area (Å²) in [5.41, 5.74) is 1.42. The van der Waals surface area contributed by atoms with E-state index in [4.69, 9.17) is 9.78 Å². The molecular formula is C14H10N4O. The maximum absolute atomic E-state index is 8.90. The number of nitriles is 1. The monoisotopic (exact) mass is 250 g/mol. The third-order valence-corrected chi connectivity index (χ3v) is 2.88. The van der Waals surface area contributed by atoms with Crippen molar-refractivity contribution >= 4 is 0 Å². The van der Waals surface area contributed by atoms with E-state index in [1.54, 1.807) is 18.5 Å². The van der Waals surface area contributed by atoms with Crippen molar-refractivity contribution in [3.63, 3.8) is 0 Å². The Morgan fingerprint density at radius 2 is 2.37 bits per heavy atom. The highest BCUT2D eigenvalue weighted by Crippen LogP contribution is 2.26. The van der Waals surface area contributed by atoms with Gasteiger partial charge in [-0.15, -0.1) is 0 Å². The van der Waals surface area contributed by atoms with Crippen LogP contribution in [0.4, 0.5) is 0 Å². The summed E-state index contributed by atoms with van der Waals surface area (Å²) >= 11 is 0. The highest BCUT2D eigenvalue weighted by molar-refractivity contribution is 5.50. The molecule has 0 aliphatic heterocycles. The highest BCUT2D eigenvalue weighted by Gasteiger charge is 2.18. The average molecular weight is 250 g/mol. The molecule has 92 valence electrons. The Morgan fingerprint density at radius 1 is 1.42 bits per heavy atom. The number of allylic oxidation sites excluding steroid dienone is 4. The molecular weight excluding hydrogens is 240 g/mol. The van der Waals surface area contributed by atoms with Crippen molar-refractivity contribution in [1.29, 1.82) is 5.26 Å². The van der Waals surface area contributed by atoms with E-state index in [1.165, 1.54) is 0 Å². The topological polar surface area (TPSA) is 75.6 Å². The molecule has 2 aromatic rings. The molecule has 5 heteroatoms. The van der Waals surface area contributed by atoms with Crippen LogP contribution in [0.3, 0.4) is 0 Å². The van der Waals surface area contributed by atoms with E-state index in [-0.39, 0.29) is 5.92 Å². The standard InChI is InChI=1S/C14H10N4O/c15-8-10-3-1-4-11(7-10)13-17-14(19-18-13)12-5-2-6-16-9-12/h1-3,5-7,9,11H,4H2. The fourth-order valence-electron chi connectivity index (χ4n) is 1.93. The lowest BCUT2D eigenvalue weighted by Gasteiger charge is -2.08. The van der Waals surface area contributed by atoms with Gasteiger partial charge in [0.25, 0.3) is 5.89 Å². The Bertz CT molecular complexity index is 679. The first-order valence-corrected chi connectivity index (χ1v) is 5.89. The minimum Gasteiger partial charge on any atom is -0.334 e. The van der Waals surface area contributed by atoms with Crippen LogP contribution in [0, 0.1) is 11.3 Å². The number of nitrogens with zero attached hydrogens (tertiary/aromatic N) is 4. The van der Waals surface area contributed by atoms with Gasteiger partial charge in [0, 0.05) is 23.9 Å². The van der Waals surface area contributed by atoms with Crippen LogP contribution in [-0.2, 0) is 0 Å². The third-order valence-electron chi connectivity index (χ3n) is 2.88. The third kappa shape index (κ3) is 2.29. The molecule has 0 aromatic carbocycles. The van der Waals surface area contributed by atoms with Gasteiger partial charge in [-0.3, -0.25) is 4.98 Å². The van der Waals surface area contributed by atoms with Crippen molar-refractivity contribution in [1.82, 2.24) is 15.1 Å². The SMILES string of the molecule is N#CC1=CC(c2noc(-c3cccnc3)n2)CC=C1. The first-order valence-electron chi connectivity index (χ1n) is 5.89. The van der Waals surface area contributed by atoms with E-state index in [0.29, 0.717) is 17.3 Å². The highest BCUT2D eigenvalue weighted by atomic mass is 16.5. The predicted octanol–water partition coefficient (Wildman–Crippen LogP) is 2.63. The first-order chi connectivity index (χ1) is 9.36. The smallest absolute Gasteiger partial charge is 0.259 e. The lowest BCUT2D eigenvalue weighted by atomic mass is 9.96. The van der Waals surface area contributed by atoms with E-state index < -0.39 is 0 Å². The average Bonchev–Trinajstić information content (AvgIpc) is 2.98. The summed E-state index contributed by atoms with van der Waals surface area (Å²) in [7, 11) is 0. The minimum atomic E-state index is -0.00572. The van der Waals surface area contributed by atoms with E-state index in [9.17, 15) is 0 Å². The molecule has 5 nitrogen and oxygen atoms in total. The predicted molar refractivity (Wildman–Crippen MR) is 67.7 cm³/mol. The first kappa shape index (κ1) is 11.4. The van der Waals surface area contributed by atoms with Gasteiger partial charge in [-0.05, 0) is 24.6 Å². The molecule has 0 N–H and O–H groups in total. The zero-order valence-electron chi connectivity index (χ0n) is 10.0. The second-order valence-electron chi connectivity index (χ2n) is 4.18. The van der Waals surface area contributed by atoms with Crippen molar-refractivity contribution < 1.29 is 4.52 Å². The Hall–Kier alpha value is -2.74. The molecule has 0 amide bonds. The van der Waals surface area contributed by atoms with Gasteiger partial charge in [0.05, 0.1) is 11.6 Å². The largest absolute Gasteiger partial charge is 0.334 e. The van der Waals surface area contributed by atoms with Crippen molar-refractivity contribution in [2.75, 3.05) is 0 Å². The van der Waals surface area contributed by atoms with Gasteiger partial charge in [0.1, 0.15) is 0 Å². The summed E-state index contributed by atoms with van der Waals surface area (Å²) in [4.78, 5) is 8.38. The number of hydrogen-bond donors (Lipinski definition) is 0. The molecule has 1 aliphatic carbocycles. The van der Waals surface area contributed by atoms with Gasteiger partial charge in [0.2, 0.25) is 0 Å². The van der Waals surface area contributed by atoms with E-state index in [1.807, 2.05) is 24.3 Å². The summed E-state index contributed by atoms with van der Waals surface area (Å²) in [6.45, 7) is 0. The number of pyridine rings is 1. The second-order valence-corrected chi connectivity index (χ2v) is 4.18. The molecule has 0 saturated carbocycles. The van der Waals surface area contributed by atoms with Crippen LogP contribution in [0.2, 0.25) is 0 Å². The van der Waals surface area contributed by atoms with E-state index in [2.05, 4.69) is 21.2 Å². The summed E-state index contributed by atoms with van der Waals surface area (Å²) in [5, 5.41) is 12.9. The molecule has 0 fully saturated rings. The molecule has 0 spiro atoms. The second kappa shape index (κ2) is 4.86. The summed E-state index contributed by atoms with van der Waals surface area (Å²) in [6.07, 6.45) is 9.75. The molecule has 1 aliphatic rings. The number of aromatic nitrogens is 3. The van der Waals surface area contributed by atoms with Crippen molar-refractivity contribution in [3.05, 3.63) is 54.2 Å². The molecule has 0 saturated heterocycles. The number of rotatable bonds is 2. The molecule has 2 aromatic heterocycles. The quantitative estimate of drug-likeness (QED) is 0.818. The maximum Gasteiger partial charge on any atom is 0.259 e. The van der Waals surface area contributed by atoms with Crippen LogP contribution in [0.5, 0.6) is 0 Å². The molecule has 0 bridgehead atoms. The van der Waals surface area contributed by atoms with Gasteiger partial charge >= 0.3 is 0 Å². The van der Waals surface area contributed by atoms with Crippen LogP contribution in [0.25, 0.3) is 11.5 Å². The maximum atomic E-state index is 8.90. The lowest BCUT2D eigenvalue weighted by molar-refractivity contribution is 0.419. The van der Waals surface area contributed by atoms with Crippen molar-refractivity contribution in [2.45, 2.75) is 12.3 Å².